The number of hydrogen-bond donors (Lipinski definition) is 2. The minimum Gasteiger partial charge on any atom is -0.383 e. The lowest BCUT2D eigenvalue weighted by Crippen LogP contribution is -2.39. The Kier molecular flexibility index (Phi) is 4.72. The summed E-state index contributed by atoms with van der Waals surface area (Å²) in [7, 11) is 0. The number of amides is 1. The summed E-state index contributed by atoms with van der Waals surface area (Å²) in [5, 5.41) is 13.7. The summed E-state index contributed by atoms with van der Waals surface area (Å²) in [6.45, 7) is 2.12. The second-order valence-corrected chi connectivity index (χ2v) is 5.58. The molecule has 1 aromatic heterocycles. The van der Waals surface area contributed by atoms with Gasteiger partial charge in [-0.1, -0.05) is 26.2 Å². The number of aromatic nitrogens is 1. The fourth-order valence-electron chi connectivity index (χ4n) is 2.70. The molecule has 21 heavy (non-hydrogen) atoms. The third-order valence-electron chi connectivity index (χ3n) is 4.04. The van der Waals surface area contributed by atoms with Crippen LogP contribution in [0.25, 0.3) is 0 Å². The summed E-state index contributed by atoms with van der Waals surface area (Å²) < 4.78 is 0. The third-order valence-corrected chi connectivity index (χ3v) is 4.04. The highest BCUT2D eigenvalue weighted by molar-refractivity contribution is 5.99. The fraction of sp³-hybridized carbons (Fsp3) is 0.571. The largest absolute Gasteiger partial charge is 0.383 e. The normalized spacial score (nSPS) is 22.3. The number of nitrogens with two attached hydrogens (primary N) is 1. The zero-order valence-electron chi connectivity index (χ0n) is 12.0. The van der Waals surface area contributed by atoms with Gasteiger partial charge in [-0.3, -0.25) is 14.9 Å². The summed E-state index contributed by atoms with van der Waals surface area (Å²) in [6.07, 6.45) is 6.49. The van der Waals surface area contributed by atoms with Crippen LogP contribution in [-0.4, -0.2) is 21.9 Å². The van der Waals surface area contributed by atoms with E-state index in [1.54, 1.807) is 0 Å². The van der Waals surface area contributed by atoms with Crippen LogP contribution in [0.2, 0.25) is 0 Å². The number of carbonyl (C=O) groups excluding carboxylic acids is 1. The summed E-state index contributed by atoms with van der Waals surface area (Å²) in [6, 6.07) is 1.26. The minimum absolute atomic E-state index is 0.0133. The molecule has 7 heteroatoms. The van der Waals surface area contributed by atoms with Crippen LogP contribution in [-0.2, 0) is 0 Å². The van der Waals surface area contributed by atoms with Crippen molar-refractivity contribution in [1.29, 1.82) is 0 Å². The fourth-order valence-corrected chi connectivity index (χ4v) is 2.70. The number of anilines is 1. The quantitative estimate of drug-likeness (QED) is 0.504. The van der Waals surface area contributed by atoms with Gasteiger partial charge in [-0.05, 0) is 18.8 Å². The maximum atomic E-state index is 12.3. The highest BCUT2D eigenvalue weighted by Gasteiger charge is 2.24. The van der Waals surface area contributed by atoms with Crippen LogP contribution in [0.5, 0.6) is 0 Å². The van der Waals surface area contributed by atoms with E-state index in [-0.39, 0.29) is 29.0 Å². The molecule has 1 aliphatic rings. The molecule has 0 aromatic carbocycles. The number of rotatable bonds is 3. The van der Waals surface area contributed by atoms with Crippen LogP contribution < -0.4 is 11.1 Å². The van der Waals surface area contributed by atoms with Gasteiger partial charge >= 0.3 is 0 Å². The molecule has 0 radical (unpaired) electrons. The third kappa shape index (κ3) is 3.68. The van der Waals surface area contributed by atoms with Gasteiger partial charge in [0.15, 0.2) is 0 Å². The Bertz CT molecular complexity index is 547. The van der Waals surface area contributed by atoms with Crippen LogP contribution in [0.4, 0.5) is 11.5 Å². The van der Waals surface area contributed by atoms with Gasteiger partial charge in [-0.15, -0.1) is 0 Å². The first-order valence-electron chi connectivity index (χ1n) is 7.20. The molecule has 1 saturated carbocycles. The molecule has 2 unspecified atom stereocenters. The molecular weight excluding hydrogens is 272 g/mol. The van der Waals surface area contributed by atoms with Crippen molar-refractivity contribution < 1.29 is 9.72 Å². The molecular formula is C14H20N4O3. The molecule has 3 N–H and O–H groups in total. The average molecular weight is 292 g/mol. The number of nitrogens with zero attached hydrogens (tertiary/aromatic N) is 2. The molecule has 1 fully saturated rings. The van der Waals surface area contributed by atoms with Crippen molar-refractivity contribution in [3.63, 3.8) is 0 Å². The summed E-state index contributed by atoms with van der Waals surface area (Å²) in [5.41, 5.74) is 5.50. The molecule has 0 aliphatic heterocycles. The van der Waals surface area contributed by atoms with Crippen molar-refractivity contribution >= 4 is 17.4 Å². The van der Waals surface area contributed by atoms with Gasteiger partial charge in [-0.2, -0.15) is 0 Å². The Morgan fingerprint density at radius 2 is 2.14 bits per heavy atom. The van der Waals surface area contributed by atoms with Crippen molar-refractivity contribution in [2.45, 2.75) is 45.1 Å². The van der Waals surface area contributed by atoms with Crippen molar-refractivity contribution in [1.82, 2.24) is 10.3 Å². The molecule has 1 aromatic rings. The predicted octanol–water partition coefficient (Wildman–Crippen LogP) is 2.27. The Morgan fingerprint density at radius 1 is 1.43 bits per heavy atom. The van der Waals surface area contributed by atoms with Crippen LogP contribution in [0.3, 0.4) is 0 Å². The Hall–Kier alpha value is -2.18. The first-order chi connectivity index (χ1) is 9.99. The lowest BCUT2D eigenvalue weighted by Gasteiger charge is -2.23. The van der Waals surface area contributed by atoms with E-state index in [9.17, 15) is 14.9 Å². The molecule has 0 bridgehead atoms. The van der Waals surface area contributed by atoms with Gasteiger partial charge in [0.1, 0.15) is 12.0 Å². The molecule has 2 rings (SSSR count). The van der Waals surface area contributed by atoms with E-state index >= 15 is 0 Å². The van der Waals surface area contributed by atoms with Crippen molar-refractivity contribution in [2.75, 3.05) is 5.73 Å². The van der Waals surface area contributed by atoms with Gasteiger partial charge in [0, 0.05) is 12.1 Å². The number of carbonyl (C=O) groups is 1. The van der Waals surface area contributed by atoms with E-state index in [1.165, 1.54) is 18.9 Å². The number of nitro groups is 1. The Balaban J connectivity index is 2.15. The van der Waals surface area contributed by atoms with Crippen molar-refractivity contribution in [3.8, 4) is 0 Å². The Morgan fingerprint density at radius 3 is 2.86 bits per heavy atom. The van der Waals surface area contributed by atoms with Gasteiger partial charge in [0.25, 0.3) is 11.6 Å². The number of hydrogen-bond acceptors (Lipinski definition) is 5. The van der Waals surface area contributed by atoms with Gasteiger partial charge in [0.05, 0.1) is 10.5 Å². The maximum absolute atomic E-state index is 12.3. The predicted molar refractivity (Wildman–Crippen MR) is 78.8 cm³/mol. The van der Waals surface area contributed by atoms with Gasteiger partial charge < -0.3 is 11.1 Å². The smallest absolute Gasteiger partial charge is 0.288 e. The minimum atomic E-state index is -0.586. The molecule has 1 heterocycles. The molecule has 2 atom stereocenters. The number of nitrogen functional groups attached to an aromatic ring is 1. The van der Waals surface area contributed by atoms with Crippen LogP contribution in [0.1, 0.15) is 49.4 Å². The van der Waals surface area contributed by atoms with Crippen molar-refractivity contribution in [2.24, 2.45) is 5.92 Å². The van der Waals surface area contributed by atoms with E-state index < -0.39 is 4.92 Å². The first kappa shape index (κ1) is 15.2. The van der Waals surface area contributed by atoms with Crippen LogP contribution >= 0.6 is 0 Å². The second kappa shape index (κ2) is 6.51. The van der Waals surface area contributed by atoms with E-state index in [2.05, 4.69) is 17.2 Å². The summed E-state index contributed by atoms with van der Waals surface area (Å²) in [4.78, 5) is 26.2. The standard InChI is InChI=1S/C14H20N4O3/c1-9-5-3-2-4-6-12(9)17-14(19)11-7-10(18(20)21)8-16-13(11)15/h7-9,12H,2-6H2,1H3,(H2,15,16)(H,17,19). The number of nitrogens with one attached hydrogen (secondary N) is 1. The monoisotopic (exact) mass is 292 g/mol. The highest BCUT2D eigenvalue weighted by atomic mass is 16.6. The zero-order chi connectivity index (χ0) is 15.4. The summed E-state index contributed by atoms with van der Waals surface area (Å²) in [5.74, 6) is 0.0196. The van der Waals surface area contributed by atoms with E-state index in [0.29, 0.717) is 5.92 Å². The topological polar surface area (TPSA) is 111 Å². The Labute approximate surface area is 123 Å². The molecule has 1 aliphatic carbocycles. The van der Waals surface area contributed by atoms with E-state index in [1.807, 2.05) is 0 Å². The lowest BCUT2D eigenvalue weighted by molar-refractivity contribution is -0.385. The molecule has 114 valence electrons. The van der Waals surface area contributed by atoms with Gasteiger partial charge in [0.2, 0.25) is 0 Å². The molecule has 7 nitrogen and oxygen atoms in total. The summed E-state index contributed by atoms with van der Waals surface area (Å²) >= 11 is 0. The van der Waals surface area contributed by atoms with Crippen LogP contribution in [0.15, 0.2) is 12.3 Å². The van der Waals surface area contributed by atoms with Gasteiger partial charge in [-0.25, -0.2) is 4.98 Å². The molecule has 1 amide bonds. The van der Waals surface area contributed by atoms with Crippen molar-refractivity contribution in [3.05, 3.63) is 27.9 Å². The SMILES string of the molecule is CC1CCCCCC1NC(=O)c1cc([N+](=O)[O-])cnc1N. The van der Waals surface area contributed by atoms with Crippen LogP contribution in [0, 0.1) is 16.0 Å². The second-order valence-electron chi connectivity index (χ2n) is 5.58. The number of pyridine rings is 1. The lowest BCUT2D eigenvalue weighted by atomic mass is 9.96. The zero-order valence-corrected chi connectivity index (χ0v) is 12.0. The average Bonchev–Trinajstić information content (AvgIpc) is 2.64. The van der Waals surface area contributed by atoms with E-state index in [4.69, 9.17) is 5.73 Å². The molecule has 0 saturated heterocycles. The maximum Gasteiger partial charge on any atom is 0.288 e. The van der Waals surface area contributed by atoms with E-state index in [0.717, 1.165) is 25.5 Å². The highest BCUT2D eigenvalue weighted by Crippen LogP contribution is 2.24. The first-order valence-corrected chi connectivity index (χ1v) is 7.20. The molecule has 0 spiro atoms.